The van der Waals surface area contributed by atoms with E-state index in [-0.39, 0.29) is 17.9 Å². The standard InChI is InChI=1S/C21H28N4O/c1-24-14-11-22-20(24)15-25-12-9-17(10-13-25)21(26)23-19-8-4-6-16-5-2-3-7-18(16)19/h2-3,5,7,11,14,17,19H,4,6,8-10,12-13,15H2,1H3,(H,23,26). The van der Waals surface area contributed by atoms with E-state index in [1.54, 1.807) is 0 Å². The Morgan fingerprint density at radius 3 is 2.81 bits per heavy atom. The lowest BCUT2D eigenvalue weighted by molar-refractivity contribution is -0.127. The molecule has 4 rings (SSSR count). The van der Waals surface area contributed by atoms with Gasteiger partial charge in [-0.3, -0.25) is 9.69 Å². The van der Waals surface area contributed by atoms with Gasteiger partial charge in [-0.25, -0.2) is 4.98 Å². The number of nitrogens with one attached hydrogen (secondary N) is 1. The number of likely N-dealkylation sites (tertiary alicyclic amines) is 1. The van der Waals surface area contributed by atoms with Crippen molar-refractivity contribution in [2.45, 2.75) is 44.7 Å². The molecule has 5 heteroatoms. The first-order valence-electron chi connectivity index (χ1n) is 9.77. The number of nitrogens with zero attached hydrogens (tertiary/aromatic N) is 3. The van der Waals surface area contributed by atoms with E-state index in [2.05, 4.69) is 44.0 Å². The summed E-state index contributed by atoms with van der Waals surface area (Å²) in [6, 6.07) is 8.75. The van der Waals surface area contributed by atoms with Gasteiger partial charge in [-0.1, -0.05) is 24.3 Å². The highest BCUT2D eigenvalue weighted by molar-refractivity contribution is 5.79. The first-order chi connectivity index (χ1) is 12.7. The van der Waals surface area contributed by atoms with E-state index in [0.717, 1.165) is 57.6 Å². The zero-order valence-electron chi connectivity index (χ0n) is 15.5. The van der Waals surface area contributed by atoms with Crippen molar-refractivity contribution in [3.05, 3.63) is 53.6 Å². The third-order valence-corrected chi connectivity index (χ3v) is 5.93. The Balaban J connectivity index is 1.31. The van der Waals surface area contributed by atoms with Crippen molar-refractivity contribution in [3.8, 4) is 0 Å². The molecule has 0 radical (unpaired) electrons. The quantitative estimate of drug-likeness (QED) is 0.920. The van der Waals surface area contributed by atoms with Crippen LogP contribution >= 0.6 is 0 Å². The molecule has 1 fully saturated rings. The van der Waals surface area contributed by atoms with Crippen molar-refractivity contribution >= 4 is 5.91 Å². The highest BCUT2D eigenvalue weighted by Crippen LogP contribution is 2.30. The maximum absolute atomic E-state index is 12.8. The molecule has 0 saturated carbocycles. The van der Waals surface area contributed by atoms with Crippen LogP contribution in [0, 0.1) is 5.92 Å². The fraction of sp³-hybridized carbons (Fsp3) is 0.524. The lowest BCUT2D eigenvalue weighted by Gasteiger charge is -2.33. The molecule has 1 atom stereocenters. The van der Waals surface area contributed by atoms with Gasteiger partial charge in [0.1, 0.15) is 5.82 Å². The minimum Gasteiger partial charge on any atom is -0.349 e. The molecule has 1 aromatic carbocycles. The summed E-state index contributed by atoms with van der Waals surface area (Å²) in [5.41, 5.74) is 2.72. The second-order valence-electron chi connectivity index (χ2n) is 7.66. The van der Waals surface area contributed by atoms with Crippen LogP contribution in [0.25, 0.3) is 0 Å². The fourth-order valence-electron chi connectivity index (χ4n) is 4.30. The Morgan fingerprint density at radius 2 is 2.04 bits per heavy atom. The van der Waals surface area contributed by atoms with Gasteiger partial charge in [-0.2, -0.15) is 0 Å². The molecule has 2 heterocycles. The molecule has 138 valence electrons. The number of carbonyl (C=O) groups excluding carboxylic acids is 1. The van der Waals surface area contributed by atoms with Crippen LogP contribution in [0.3, 0.4) is 0 Å². The number of hydrogen-bond acceptors (Lipinski definition) is 3. The molecule has 1 aromatic heterocycles. The van der Waals surface area contributed by atoms with Crippen LogP contribution in [-0.4, -0.2) is 33.4 Å². The Morgan fingerprint density at radius 1 is 1.23 bits per heavy atom. The number of rotatable bonds is 4. The van der Waals surface area contributed by atoms with E-state index in [0.29, 0.717) is 0 Å². The highest BCUT2D eigenvalue weighted by Gasteiger charge is 2.28. The molecule has 1 aliphatic carbocycles. The van der Waals surface area contributed by atoms with Gasteiger partial charge in [0.25, 0.3) is 0 Å². The summed E-state index contributed by atoms with van der Waals surface area (Å²) >= 11 is 0. The van der Waals surface area contributed by atoms with Gasteiger partial charge in [0.2, 0.25) is 5.91 Å². The SMILES string of the molecule is Cn1ccnc1CN1CCC(C(=O)NC2CCCc3ccccc32)CC1. The summed E-state index contributed by atoms with van der Waals surface area (Å²) in [5, 5.41) is 3.34. The summed E-state index contributed by atoms with van der Waals surface area (Å²) < 4.78 is 2.07. The van der Waals surface area contributed by atoms with Crippen LogP contribution in [-0.2, 0) is 24.8 Å². The second kappa shape index (κ2) is 7.62. The Hall–Kier alpha value is -2.14. The normalized spacial score (nSPS) is 21.3. The lowest BCUT2D eigenvalue weighted by Crippen LogP contribution is -2.42. The monoisotopic (exact) mass is 352 g/mol. The highest BCUT2D eigenvalue weighted by atomic mass is 16.1. The smallest absolute Gasteiger partial charge is 0.223 e. The number of aryl methyl sites for hydroxylation is 2. The van der Waals surface area contributed by atoms with Gasteiger partial charge in [0, 0.05) is 25.4 Å². The van der Waals surface area contributed by atoms with Crippen molar-refractivity contribution in [2.24, 2.45) is 13.0 Å². The van der Waals surface area contributed by atoms with E-state index in [1.165, 1.54) is 11.1 Å². The molecule has 26 heavy (non-hydrogen) atoms. The van der Waals surface area contributed by atoms with Crippen molar-refractivity contribution in [1.29, 1.82) is 0 Å². The minimum absolute atomic E-state index is 0.140. The second-order valence-corrected chi connectivity index (χ2v) is 7.66. The van der Waals surface area contributed by atoms with Crippen molar-refractivity contribution in [2.75, 3.05) is 13.1 Å². The van der Waals surface area contributed by atoms with E-state index in [4.69, 9.17) is 0 Å². The molecule has 1 saturated heterocycles. The number of amides is 1. The zero-order valence-corrected chi connectivity index (χ0v) is 15.5. The summed E-state index contributed by atoms with van der Waals surface area (Å²) in [5.74, 6) is 1.47. The molecule has 1 amide bonds. The average molecular weight is 352 g/mol. The molecule has 0 spiro atoms. The van der Waals surface area contributed by atoms with Crippen molar-refractivity contribution in [1.82, 2.24) is 19.8 Å². The number of carbonyl (C=O) groups is 1. The Kier molecular flexibility index (Phi) is 5.07. The fourth-order valence-corrected chi connectivity index (χ4v) is 4.30. The number of benzene rings is 1. The van der Waals surface area contributed by atoms with Crippen LogP contribution in [0.5, 0.6) is 0 Å². The van der Waals surface area contributed by atoms with Crippen LogP contribution < -0.4 is 5.32 Å². The van der Waals surface area contributed by atoms with E-state index in [9.17, 15) is 4.79 Å². The summed E-state index contributed by atoms with van der Waals surface area (Å²) in [4.78, 5) is 19.6. The molecular weight excluding hydrogens is 324 g/mol. The van der Waals surface area contributed by atoms with E-state index < -0.39 is 0 Å². The predicted octanol–water partition coefficient (Wildman–Crippen LogP) is 2.83. The van der Waals surface area contributed by atoms with E-state index >= 15 is 0 Å². The zero-order chi connectivity index (χ0) is 17.9. The largest absolute Gasteiger partial charge is 0.349 e. The molecular formula is C21H28N4O. The first kappa shape index (κ1) is 17.3. The maximum atomic E-state index is 12.8. The number of fused-ring (bicyclic) bond motifs is 1. The van der Waals surface area contributed by atoms with Crippen LogP contribution in [0.15, 0.2) is 36.7 Å². The summed E-state index contributed by atoms with van der Waals surface area (Å²) in [7, 11) is 2.03. The molecule has 1 unspecified atom stereocenters. The van der Waals surface area contributed by atoms with E-state index in [1.807, 2.05) is 19.4 Å². The molecule has 1 aliphatic heterocycles. The first-order valence-corrected chi connectivity index (χ1v) is 9.77. The topological polar surface area (TPSA) is 50.2 Å². The third kappa shape index (κ3) is 3.68. The number of aromatic nitrogens is 2. The number of piperidine rings is 1. The molecule has 0 bridgehead atoms. The predicted molar refractivity (Wildman–Crippen MR) is 101 cm³/mol. The van der Waals surface area contributed by atoms with Gasteiger partial charge >= 0.3 is 0 Å². The van der Waals surface area contributed by atoms with Crippen molar-refractivity contribution in [3.63, 3.8) is 0 Å². The van der Waals surface area contributed by atoms with Gasteiger partial charge in [0.15, 0.2) is 0 Å². The Bertz CT molecular complexity index is 761. The molecule has 2 aliphatic rings. The number of hydrogen-bond donors (Lipinski definition) is 1. The minimum atomic E-state index is 0.140. The summed E-state index contributed by atoms with van der Waals surface area (Å²) in [6.45, 7) is 2.80. The molecule has 1 N–H and O–H groups in total. The summed E-state index contributed by atoms with van der Waals surface area (Å²) in [6.07, 6.45) is 9.04. The third-order valence-electron chi connectivity index (χ3n) is 5.93. The van der Waals surface area contributed by atoms with Gasteiger partial charge in [0.05, 0.1) is 12.6 Å². The number of imidazole rings is 1. The van der Waals surface area contributed by atoms with Gasteiger partial charge in [-0.15, -0.1) is 0 Å². The van der Waals surface area contributed by atoms with Crippen LogP contribution in [0.4, 0.5) is 0 Å². The van der Waals surface area contributed by atoms with Gasteiger partial charge < -0.3 is 9.88 Å². The van der Waals surface area contributed by atoms with Crippen LogP contribution in [0.1, 0.15) is 48.7 Å². The van der Waals surface area contributed by atoms with Gasteiger partial charge in [-0.05, 0) is 56.3 Å². The average Bonchev–Trinajstić information content (AvgIpc) is 3.07. The molecule has 2 aromatic rings. The Labute approximate surface area is 155 Å². The molecule has 5 nitrogen and oxygen atoms in total. The van der Waals surface area contributed by atoms with Crippen LogP contribution in [0.2, 0.25) is 0 Å². The maximum Gasteiger partial charge on any atom is 0.223 e. The lowest BCUT2D eigenvalue weighted by atomic mass is 9.87. The van der Waals surface area contributed by atoms with Crippen molar-refractivity contribution < 1.29 is 4.79 Å².